The van der Waals surface area contributed by atoms with E-state index < -0.39 is 0 Å². The van der Waals surface area contributed by atoms with Crippen molar-refractivity contribution in [3.63, 3.8) is 0 Å². The Bertz CT molecular complexity index is 687. The topological polar surface area (TPSA) is 49.4 Å². The molecule has 0 N–H and O–H groups in total. The molecule has 4 nitrogen and oxygen atoms in total. The summed E-state index contributed by atoms with van der Waals surface area (Å²) in [6.45, 7) is 12.8. The molecule has 0 aromatic heterocycles. The summed E-state index contributed by atoms with van der Waals surface area (Å²) in [5.74, 6) is 0. The number of azo groups is 2. The number of benzene rings is 1. The van der Waals surface area contributed by atoms with Crippen molar-refractivity contribution in [3.05, 3.63) is 97.9 Å². The molecule has 0 atom stereocenters. The van der Waals surface area contributed by atoms with Crippen molar-refractivity contribution in [3.8, 4) is 0 Å². The SMILES string of the molecule is C=C\C=C/C(=C\C)/N=N/c1ccc(/N=N\C(C=C)=C\C=C)cc1. The summed E-state index contributed by atoms with van der Waals surface area (Å²) < 4.78 is 0. The molecule has 1 aromatic rings. The van der Waals surface area contributed by atoms with Crippen molar-refractivity contribution in [1.82, 2.24) is 0 Å². The second kappa shape index (κ2) is 10.6. The quantitative estimate of drug-likeness (QED) is 0.376. The van der Waals surface area contributed by atoms with E-state index in [1.807, 2.05) is 49.4 Å². The Morgan fingerprint density at radius 3 is 1.87 bits per heavy atom. The molecule has 0 aliphatic heterocycles. The van der Waals surface area contributed by atoms with Gasteiger partial charge in [0.05, 0.1) is 22.8 Å². The standard InChI is InChI=1S/C19H20N4/c1-5-9-11-17(8-4)21-23-19-14-12-18(13-15-19)22-20-16(7-3)10-6-2/h5-15H,1-3H2,4H3/b11-9-,16-10+,17-8+,22-20-,23-21+. The largest absolute Gasteiger partial charge is 0.151 e. The van der Waals surface area contributed by atoms with Gasteiger partial charge in [0.2, 0.25) is 0 Å². The van der Waals surface area contributed by atoms with Gasteiger partial charge in [0.25, 0.3) is 0 Å². The molecule has 0 saturated carbocycles. The molecule has 0 radical (unpaired) electrons. The molecule has 1 aromatic carbocycles. The minimum atomic E-state index is 0.649. The maximum atomic E-state index is 4.17. The summed E-state index contributed by atoms with van der Waals surface area (Å²) in [5, 5.41) is 16.5. The van der Waals surface area contributed by atoms with Crippen LogP contribution < -0.4 is 0 Å². The molecule has 116 valence electrons. The Balaban J connectivity index is 2.80. The molecule has 0 heterocycles. The lowest BCUT2D eigenvalue weighted by Gasteiger charge is -1.95. The van der Waals surface area contributed by atoms with Gasteiger partial charge in [0.1, 0.15) is 0 Å². The van der Waals surface area contributed by atoms with Gasteiger partial charge >= 0.3 is 0 Å². The molecule has 0 aliphatic rings. The van der Waals surface area contributed by atoms with Gasteiger partial charge < -0.3 is 0 Å². The number of allylic oxidation sites excluding steroid dienone is 7. The van der Waals surface area contributed by atoms with E-state index in [0.717, 1.165) is 17.1 Å². The van der Waals surface area contributed by atoms with E-state index in [1.165, 1.54) is 0 Å². The first kappa shape index (κ1) is 17.9. The lowest BCUT2D eigenvalue weighted by Crippen LogP contribution is -1.70. The van der Waals surface area contributed by atoms with Gasteiger partial charge in [-0.25, -0.2) is 0 Å². The highest BCUT2D eigenvalue weighted by molar-refractivity contribution is 5.47. The van der Waals surface area contributed by atoms with Crippen molar-refractivity contribution in [1.29, 1.82) is 0 Å². The molecular formula is C19H20N4. The summed E-state index contributed by atoms with van der Waals surface area (Å²) in [6.07, 6.45) is 12.2. The summed E-state index contributed by atoms with van der Waals surface area (Å²) >= 11 is 0. The minimum Gasteiger partial charge on any atom is -0.151 e. The van der Waals surface area contributed by atoms with Crippen LogP contribution in [-0.2, 0) is 0 Å². The van der Waals surface area contributed by atoms with Crippen molar-refractivity contribution < 1.29 is 0 Å². The first-order chi connectivity index (χ1) is 11.2. The molecular weight excluding hydrogens is 284 g/mol. The molecule has 0 amide bonds. The Morgan fingerprint density at radius 1 is 0.870 bits per heavy atom. The smallest absolute Gasteiger partial charge is 0.0858 e. The van der Waals surface area contributed by atoms with Crippen molar-refractivity contribution in [2.24, 2.45) is 20.5 Å². The van der Waals surface area contributed by atoms with Crippen LogP contribution in [0.2, 0.25) is 0 Å². The van der Waals surface area contributed by atoms with Gasteiger partial charge in [-0.15, -0.1) is 0 Å². The van der Waals surface area contributed by atoms with Gasteiger partial charge in [-0.05, 0) is 49.4 Å². The van der Waals surface area contributed by atoms with Gasteiger partial charge in [-0.2, -0.15) is 20.5 Å². The van der Waals surface area contributed by atoms with Crippen LogP contribution in [0.1, 0.15) is 6.92 Å². The highest BCUT2D eigenvalue weighted by Gasteiger charge is 1.93. The average molecular weight is 304 g/mol. The molecule has 0 saturated heterocycles. The fourth-order valence-electron chi connectivity index (χ4n) is 1.43. The number of rotatable bonds is 8. The Hall–Kier alpha value is -3.14. The lowest BCUT2D eigenvalue weighted by molar-refractivity contribution is 1.15. The second-order valence-corrected chi connectivity index (χ2v) is 4.26. The van der Waals surface area contributed by atoms with E-state index in [4.69, 9.17) is 0 Å². The lowest BCUT2D eigenvalue weighted by atomic mass is 10.3. The van der Waals surface area contributed by atoms with Crippen LogP contribution in [0.15, 0.2) is 118 Å². The summed E-state index contributed by atoms with van der Waals surface area (Å²) in [5.41, 5.74) is 2.87. The highest BCUT2D eigenvalue weighted by Crippen LogP contribution is 2.20. The second-order valence-electron chi connectivity index (χ2n) is 4.26. The maximum Gasteiger partial charge on any atom is 0.0858 e. The molecule has 0 spiro atoms. The number of hydrogen-bond donors (Lipinski definition) is 0. The van der Waals surface area contributed by atoms with Crippen LogP contribution in [0.4, 0.5) is 11.4 Å². The monoisotopic (exact) mass is 304 g/mol. The van der Waals surface area contributed by atoms with Crippen LogP contribution in [-0.4, -0.2) is 0 Å². The summed E-state index contributed by atoms with van der Waals surface area (Å²) in [6, 6.07) is 7.29. The molecule has 0 fully saturated rings. The molecule has 23 heavy (non-hydrogen) atoms. The predicted octanol–water partition coefficient (Wildman–Crippen LogP) is 6.76. The van der Waals surface area contributed by atoms with Crippen molar-refractivity contribution in [2.75, 3.05) is 0 Å². The summed E-state index contributed by atoms with van der Waals surface area (Å²) in [4.78, 5) is 0. The van der Waals surface area contributed by atoms with Crippen LogP contribution in [0.25, 0.3) is 0 Å². The van der Waals surface area contributed by atoms with E-state index in [0.29, 0.717) is 5.70 Å². The zero-order valence-corrected chi connectivity index (χ0v) is 13.3. The van der Waals surface area contributed by atoms with Gasteiger partial charge in [0.15, 0.2) is 0 Å². The fraction of sp³-hybridized carbons (Fsp3) is 0.0526. The Kier molecular flexibility index (Phi) is 8.23. The molecule has 0 unspecified atom stereocenters. The first-order valence-electron chi connectivity index (χ1n) is 7.07. The van der Waals surface area contributed by atoms with Crippen molar-refractivity contribution >= 4 is 11.4 Å². The average Bonchev–Trinajstić information content (AvgIpc) is 2.59. The van der Waals surface area contributed by atoms with E-state index in [9.17, 15) is 0 Å². The Morgan fingerprint density at radius 2 is 1.43 bits per heavy atom. The molecule has 0 aliphatic carbocycles. The van der Waals surface area contributed by atoms with Gasteiger partial charge in [0, 0.05) is 0 Å². The fourth-order valence-corrected chi connectivity index (χ4v) is 1.43. The predicted molar refractivity (Wildman–Crippen MR) is 97.0 cm³/mol. The Labute approximate surface area is 137 Å². The summed E-state index contributed by atoms with van der Waals surface area (Å²) in [7, 11) is 0. The van der Waals surface area contributed by atoms with Crippen LogP contribution in [0.5, 0.6) is 0 Å². The number of nitrogens with zero attached hydrogens (tertiary/aromatic N) is 4. The normalized spacial score (nSPS) is 13.1. The van der Waals surface area contributed by atoms with Crippen LogP contribution >= 0.6 is 0 Å². The highest BCUT2D eigenvalue weighted by atomic mass is 15.1. The third-order valence-corrected chi connectivity index (χ3v) is 2.61. The van der Waals surface area contributed by atoms with E-state index in [2.05, 4.69) is 40.2 Å². The van der Waals surface area contributed by atoms with E-state index in [1.54, 1.807) is 24.3 Å². The van der Waals surface area contributed by atoms with E-state index >= 15 is 0 Å². The van der Waals surface area contributed by atoms with Gasteiger partial charge in [-0.3, -0.25) is 0 Å². The van der Waals surface area contributed by atoms with E-state index in [-0.39, 0.29) is 0 Å². The van der Waals surface area contributed by atoms with Crippen LogP contribution in [0, 0.1) is 0 Å². The van der Waals surface area contributed by atoms with Crippen LogP contribution in [0.3, 0.4) is 0 Å². The zero-order valence-electron chi connectivity index (χ0n) is 13.3. The zero-order chi connectivity index (χ0) is 16.9. The molecule has 1 rings (SSSR count). The maximum absolute atomic E-state index is 4.17. The number of hydrogen-bond acceptors (Lipinski definition) is 4. The third kappa shape index (κ3) is 6.91. The van der Waals surface area contributed by atoms with Crippen molar-refractivity contribution in [2.45, 2.75) is 6.92 Å². The molecule has 0 bridgehead atoms. The molecule has 4 heteroatoms. The first-order valence-corrected chi connectivity index (χ1v) is 7.07. The minimum absolute atomic E-state index is 0.649. The third-order valence-electron chi connectivity index (χ3n) is 2.61. The van der Waals surface area contributed by atoms with Gasteiger partial charge in [-0.1, -0.05) is 44.0 Å².